The highest BCUT2D eigenvalue weighted by Gasteiger charge is 2.06. The Balaban J connectivity index is 2.10. The Hall–Kier alpha value is -2.16. The summed E-state index contributed by atoms with van der Waals surface area (Å²) < 4.78 is 11.3. The lowest BCUT2D eigenvalue weighted by atomic mass is 10.1. The number of hydrogen-bond donors (Lipinski definition) is 1. The Morgan fingerprint density at radius 3 is 2.32 bits per heavy atom. The first-order valence-corrected chi connectivity index (χ1v) is 7.98. The monoisotopic (exact) mass is 299 g/mol. The molecule has 0 radical (unpaired) electrons. The Morgan fingerprint density at radius 1 is 0.864 bits per heavy atom. The first-order chi connectivity index (χ1) is 10.8. The Kier molecular flexibility index (Phi) is 6.13. The van der Waals surface area contributed by atoms with Crippen LogP contribution in [0.4, 0.5) is 5.69 Å². The van der Waals surface area contributed by atoms with E-state index >= 15 is 0 Å². The van der Waals surface area contributed by atoms with Crippen molar-refractivity contribution in [3.05, 3.63) is 53.6 Å². The lowest BCUT2D eigenvalue weighted by Gasteiger charge is -2.14. The van der Waals surface area contributed by atoms with Crippen LogP contribution in [0.3, 0.4) is 0 Å². The average molecular weight is 299 g/mol. The molecule has 0 unspecified atom stereocenters. The number of ether oxygens (including phenoxy) is 2. The summed E-state index contributed by atoms with van der Waals surface area (Å²) in [5, 5.41) is 3.50. The first kappa shape index (κ1) is 16.2. The summed E-state index contributed by atoms with van der Waals surface area (Å²) in [6, 6.07) is 14.5. The molecule has 0 saturated heterocycles. The lowest BCUT2D eigenvalue weighted by molar-refractivity contribution is 0.287. The molecule has 0 spiro atoms. The summed E-state index contributed by atoms with van der Waals surface area (Å²) in [6.07, 6.45) is 1.02. The normalized spacial score (nSPS) is 10.3. The second kappa shape index (κ2) is 8.32. The molecule has 0 aliphatic heterocycles. The molecular weight excluding hydrogens is 274 g/mol. The molecule has 0 aromatic heterocycles. The third-order valence-corrected chi connectivity index (χ3v) is 3.49. The lowest BCUT2D eigenvalue weighted by Crippen LogP contribution is -2.04. The van der Waals surface area contributed by atoms with Crippen LogP contribution < -0.4 is 14.8 Å². The van der Waals surface area contributed by atoms with Gasteiger partial charge in [-0.05, 0) is 49.6 Å². The van der Waals surface area contributed by atoms with Crippen molar-refractivity contribution in [2.24, 2.45) is 0 Å². The first-order valence-electron chi connectivity index (χ1n) is 7.98. The maximum absolute atomic E-state index is 5.67. The molecule has 0 fully saturated rings. The standard InChI is InChI=1S/C19H25NO2/c1-4-16-9-7-8-10-17(16)20-14-15-11-12-18(21-5-2)19(13-15)22-6-3/h7-13,20H,4-6,14H2,1-3H3. The van der Waals surface area contributed by atoms with Crippen LogP contribution in [0, 0.1) is 0 Å². The number of rotatable bonds is 8. The van der Waals surface area contributed by atoms with E-state index in [1.54, 1.807) is 0 Å². The fourth-order valence-electron chi connectivity index (χ4n) is 2.40. The molecule has 2 rings (SSSR count). The van der Waals surface area contributed by atoms with Gasteiger partial charge in [0.15, 0.2) is 11.5 Å². The smallest absolute Gasteiger partial charge is 0.161 e. The molecule has 1 N–H and O–H groups in total. The molecule has 0 amide bonds. The number of hydrogen-bond acceptors (Lipinski definition) is 3. The third kappa shape index (κ3) is 4.17. The Bertz CT molecular complexity index is 596. The van der Waals surface area contributed by atoms with Crippen molar-refractivity contribution < 1.29 is 9.47 Å². The fourth-order valence-corrected chi connectivity index (χ4v) is 2.40. The SMILES string of the molecule is CCOc1ccc(CNc2ccccc2CC)cc1OCC. The summed E-state index contributed by atoms with van der Waals surface area (Å²) in [5.41, 5.74) is 3.70. The number of anilines is 1. The van der Waals surface area contributed by atoms with Gasteiger partial charge in [-0.15, -0.1) is 0 Å². The largest absolute Gasteiger partial charge is 0.490 e. The van der Waals surface area contributed by atoms with Gasteiger partial charge >= 0.3 is 0 Å². The molecular formula is C19H25NO2. The minimum Gasteiger partial charge on any atom is -0.490 e. The van der Waals surface area contributed by atoms with E-state index in [4.69, 9.17) is 9.47 Å². The van der Waals surface area contributed by atoms with Gasteiger partial charge in [-0.25, -0.2) is 0 Å². The topological polar surface area (TPSA) is 30.5 Å². The molecule has 3 heteroatoms. The van der Waals surface area contributed by atoms with Crippen LogP contribution in [0.2, 0.25) is 0 Å². The van der Waals surface area contributed by atoms with Gasteiger partial charge < -0.3 is 14.8 Å². The van der Waals surface area contributed by atoms with Crippen LogP contribution in [0.25, 0.3) is 0 Å². The zero-order valence-corrected chi connectivity index (χ0v) is 13.7. The maximum atomic E-state index is 5.67. The summed E-state index contributed by atoms with van der Waals surface area (Å²) in [4.78, 5) is 0. The van der Waals surface area contributed by atoms with Crippen LogP contribution in [0.5, 0.6) is 11.5 Å². The van der Waals surface area contributed by atoms with E-state index in [2.05, 4.69) is 48.6 Å². The van der Waals surface area contributed by atoms with Gasteiger partial charge in [0.05, 0.1) is 13.2 Å². The zero-order chi connectivity index (χ0) is 15.8. The van der Waals surface area contributed by atoms with Gasteiger partial charge in [0.25, 0.3) is 0 Å². The van der Waals surface area contributed by atoms with Gasteiger partial charge in [-0.1, -0.05) is 31.2 Å². The van der Waals surface area contributed by atoms with E-state index in [9.17, 15) is 0 Å². The number of benzene rings is 2. The third-order valence-electron chi connectivity index (χ3n) is 3.49. The molecule has 0 atom stereocenters. The van der Waals surface area contributed by atoms with E-state index in [1.807, 2.05) is 19.9 Å². The summed E-state index contributed by atoms with van der Waals surface area (Å²) in [6.45, 7) is 8.18. The second-order valence-corrected chi connectivity index (χ2v) is 5.01. The molecule has 0 bridgehead atoms. The number of aryl methyl sites for hydroxylation is 1. The van der Waals surface area contributed by atoms with E-state index in [0.29, 0.717) is 13.2 Å². The van der Waals surface area contributed by atoms with Crippen molar-refractivity contribution in [3.63, 3.8) is 0 Å². The molecule has 0 aliphatic rings. The van der Waals surface area contributed by atoms with E-state index in [1.165, 1.54) is 16.8 Å². The van der Waals surface area contributed by atoms with Crippen LogP contribution >= 0.6 is 0 Å². The maximum Gasteiger partial charge on any atom is 0.161 e. The molecule has 2 aromatic rings. The van der Waals surface area contributed by atoms with E-state index in [0.717, 1.165) is 24.5 Å². The summed E-state index contributed by atoms with van der Waals surface area (Å²) in [7, 11) is 0. The molecule has 3 nitrogen and oxygen atoms in total. The van der Waals surface area contributed by atoms with E-state index < -0.39 is 0 Å². The van der Waals surface area contributed by atoms with Crippen molar-refractivity contribution in [1.29, 1.82) is 0 Å². The van der Waals surface area contributed by atoms with E-state index in [-0.39, 0.29) is 0 Å². The number of para-hydroxylation sites is 1. The molecule has 0 aliphatic carbocycles. The zero-order valence-electron chi connectivity index (χ0n) is 13.7. The minimum absolute atomic E-state index is 0.635. The van der Waals surface area contributed by atoms with Crippen molar-refractivity contribution in [2.75, 3.05) is 18.5 Å². The predicted octanol–water partition coefficient (Wildman–Crippen LogP) is 4.66. The van der Waals surface area contributed by atoms with Gasteiger partial charge in [0.2, 0.25) is 0 Å². The van der Waals surface area contributed by atoms with Gasteiger partial charge in [-0.3, -0.25) is 0 Å². The molecule has 2 aromatic carbocycles. The van der Waals surface area contributed by atoms with Crippen molar-refractivity contribution >= 4 is 5.69 Å². The van der Waals surface area contributed by atoms with Crippen LogP contribution in [0.1, 0.15) is 31.9 Å². The number of nitrogens with one attached hydrogen (secondary N) is 1. The minimum atomic E-state index is 0.635. The molecule has 22 heavy (non-hydrogen) atoms. The van der Waals surface area contributed by atoms with Crippen molar-refractivity contribution in [2.45, 2.75) is 33.7 Å². The quantitative estimate of drug-likeness (QED) is 0.769. The second-order valence-electron chi connectivity index (χ2n) is 5.01. The molecule has 118 valence electrons. The molecule has 0 heterocycles. The summed E-state index contributed by atoms with van der Waals surface area (Å²) in [5.74, 6) is 1.62. The predicted molar refractivity (Wildman–Crippen MR) is 91.9 cm³/mol. The fraction of sp³-hybridized carbons (Fsp3) is 0.368. The van der Waals surface area contributed by atoms with Crippen LogP contribution in [-0.4, -0.2) is 13.2 Å². The Morgan fingerprint density at radius 2 is 1.59 bits per heavy atom. The van der Waals surface area contributed by atoms with Crippen LogP contribution in [-0.2, 0) is 13.0 Å². The highest BCUT2D eigenvalue weighted by molar-refractivity contribution is 5.52. The summed E-state index contributed by atoms with van der Waals surface area (Å²) >= 11 is 0. The van der Waals surface area contributed by atoms with Gasteiger partial charge in [0.1, 0.15) is 0 Å². The average Bonchev–Trinajstić information content (AvgIpc) is 2.55. The van der Waals surface area contributed by atoms with Crippen molar-refractivity contribution in [3.8, 4) is 11.5 Å². The van der Waals surface area contributed by atoms with Crippen molar-refractivity contribution in [1.82, 2.24) is 0 Å². The van der Waals surface area contributed by atoms with Gasteiger partial charge in [0, 0.05) is 12.2 Å². The highest BCUT2D eigenvalue weighted by atomic mass is 16.5. The highest BCUT2D eigenvalue weighted by Crippen LogP contribution is 2.29. The Labute approximate surface area is 133 Å². The van der Waals surface area contributed by atoms with Crippen LogP contribution in [0.15, 0.2) is 42.5 Å². The van der Waals surface area contributed by atoms with Gasteiger partial charge in [-0.2, -0.15) is 0 Å². The molecule has 0 saturated carbocycles.